The number of aromatic amines is 1. The van der Waals surface area contributed by atoms with Gasteiger partial charge in [0.15, 0.2) is 5.82 Å². The van der Waals surface area contributed by atoms with Gasteiger partial charge in [0.1, 0.15) is 10.6 Å². The number of carbonyl (C=O) groups excluding carboxylic acids is 2. The number of ether oxygens (including phenoxy) is 1. The number of pyridine rings is 1. The van der Waals surface area contributed by atoms with Gasteiger partial charge in [-0.05, 0) is 55.2 Å². The van der Waals surface area contributed by atoms with Gasteiger partial charge < -0.3 is 14.5 Å². The predicted octanol–water partition coefficient (Wildman–Crippen LogP) is 7.11. The summed E-state index contributed by atoms with van der Waals surface area (Å²) in [5, 5.41) is 15.3. The second-order valence-corrected chi connectivity index (χ2v) is 14.0. The zero-order valence-electron chi connectivity index (χ0n) is 28.2. The van der Waals surface area contributed by atoms with Crippen LogP contribution in [0.3, 0.4) is 0 Å². The van der Waals surface area contributed by atoms with Gasteiger partial charge in [0.05, 0.1) is 17.2 Å². The topological polar surface area (TPSA) is 117 Å². The molecule has 3 aromatic heterocycles. The number of benzene rings is 1. The van der Waals surface area contributed by atoms with Crippen molar-refractivity contribution in [2.75, 3.05) is 19.6 Å². The maximum absolute atomic E-state index is 14.9. The largest absolute Gasteiger partial charge is 0.474 e. The van der Waals surface area contributed by atoms with Crippen molar-refractivity contribution in [3.05, 3.63) is 87.1 Å². The highest BCUT2D eigenvalue weighted by molar-refractivity contribution is 7.10. The van der Waals surface area contributed by atoms with E-state index >= 15 is 0 Å². The van der Waals surface area contributed by atoms with Gasteiger partial charge >= 0.3 is 12.4 Å². The molecule has 2 aliphatic heterocycles. The number of hydrogen-bond acceptors (Lipinski definition) is 8. The molecule has 0 unspecified atom stereocenters. The van der Waals surface area contributed by atoms with Crippen molar-refractivity contribution in [2.24, 2.45) is 0 Å². The van der Waals surface area contributed by atoms with Crippen molar-refractivity contribution >= 4 is 23.2 Å². The highest BCUT2D eigenvalue weighted by atomic mass is 32.1. The van der Waals surface area contributed by atoms with Crippen LogP contribution in [-0.4, -0.2) is 78.5 Å². The molecule has 0 spiro atoms. The van der Waals surface area contributed by atoms with Crippen LogP contribution in [-0.2, 0) is 30.0 Å². The maximum atomic E-state index is 14.9. The lowest BCUT2D eigenvalue weighted by Gasteiger charge is -2.50. The summed E-state index contributed by atoms with van der Waals surface area (Å²) < 4.78 is 89.4. The molecule has 10 nitrogen and oxygen atoms in total. The van der Waals surface area contributed by atoms with E-state index in [9.17, 15) is 35.9 Å². The highest BCUT2D eigenvalue weighted by Gasteiger charge is 2.56. The number of H-pyrrole nitrogens is 1. The van der Waals surface area contributed by atoms with Crippen LogP contribution in [0.2, 0.25) is 0 Å². The fourth-order valence-corrected chi connectivity index (χ4v) is 8.14. The molecule has 2 saturated heterocycles. The van der Waals surface area contributed by atoms with Crippen LogP contribution in [0.15, 0.2) is 54.2 Å². The normalized spacial score (nSPS) is 20.2. The first-order valence-electron chi connectivity index (χ1n) is 17.1. The van der Waals surface area contributed by atoms with E-state index in [0.717, 1.165) is 35.7 Å². The number of alkyl halides is 6. The minimum absolute atomic E-state index is 0.0221. The van der Waals surface area contributed by atoms with Crippen molar-refractivity contribution in [2.45, 2.75) is 88.2 Å². The molecular formula is C35H37F6N7O3S. The third kappa shape index (κ3) is 7.78. The maximum Gasteiger partial charge on any atom is 0.425 e. The minimum atomic E-state index is -4.85. The molecule has 2 aliphatic rings. The molecule has 6 rings (SSSR count). The zero-order valence-corrected chi connectivity index (χ0v) is 29.0. The van der Waals surface area contributed by atoms with Crippen LogP contribution in [0.25, 0.3) is 0 Å². The predicted molar refractivity (Wildman–Crippen MR) is 177 cm³/mol. The number of aryl methyl sites for hydroxylation is 2. The van der Waals surface area contributed by atoms with Gasteiger partial charge in [-0.3, -0.25) is 14.6 Å². The molecule has 0 aliphatic carbocycles. The molecule has 0 bridgehead atoms. The molecule has 278 valence electrons. The Hall–Kier alpha value is -4.54. The van der Waals surface area contributed by atoms with Gasteiger partial charge in [0.2, 0.25) is 5.60 Å². The number of hydrogen-bond donors (Lipinski definition) is 1. The number of halogens is 6. The standard InChI is InChI=1S/C35H37F6N7O3S/c1-2-6-28-33(51-24-19-29(52-21-24)35(39,40)41,14-5-16-48(28)31(49)26-20-42-15-11-27(26)34(36,37)38)32(50)47-17-12-23(13-18-47)25-8-4-3-7-22(25)9-10-30-43-45-46-44-30/h3-4,7-8,11,15,19-21,23,28H,2,5-6,9-10,12-14,16-18H2,1H3,(H,43,44,45,46)/t28-,33+/m1/s1. The Labute approximate surface area is 299 Å². The fraction of sp³-hybridized carbons (Fsp3) is 0.486. The number of piperidine rings is 2. The summed E-state index contributed by atoms with van der Waals surface area (Å²) in [6.07, 6.45) is -4.49. The molecule has 17 heteroatoms. The van der Waals surface area contributed by atoms with Crippen molar-refractivity contribution in [3.8, 4) is 5.75 Å². The third-order valence-electron chi connectivity index (χ3n) is 9.84. The lowest BCUT2D eigenvalue weighted by atomic mass is 9.78. The van der Waals surface area contributed by atoms with Gasteiger partial charge in [-0.1, -0.05) is 42.8 Å². The molecule has 0 radical (unpaired) electrons. The van der Waals surface area contributed by atoms with Crippen LogP contribution in [0.5, 0.6) is 5.75 Å². The van der Waals surface area contributed by atoms with E-state index in [0.29, 0.717) is 62.4 Å². The molecule has 2 atom stereocenters. The SMILES string of the molecule is CCC[C@H]1N(C(=O)c2cnccc2C(F)(F)F)CCC[C@@]1(Oc1csc(C(F)(F)F)c1)C(=O)N1CCC(c2ccccc2CCc2nn[nH]n2)CC1. The average Bonchev–Trinajstić information content (AvgIpc) is 3.84. The molecular weight excluding hydrogens is 712 g/mol. The summed E-state index contributed by atoms with van der Waals surface area (Å²) in [5.41, 5.74) is -1.44. The fourth-order valence-electron chi connectivity index (χ4n) is 7.46. The van der Waals surface area contributed by atoms with Crippen LogP contribution in [0, 0.1) is 0 Å². The number of tetrazole rings is 1. The zero-order chi connectivity index (χ0) is 37.1. The van der Waals surface area contributed by atoms with E-state index in [1.165, 1.54) is 10.3 Å². The van der Waals surface area contributed by atoms with E-state index < -0.39 is 51.8 Å². The van der Waals surface area contributed by atoms with Crippen molar-refractivity contribution in [1.82, 2.24) is 35.4 Å². The lowest BCUT2D eigenvalue weighted by molar-refractivity contribution is -0.160. The molecule has 5 heterocycles. The van der Waals surface area contributed by atoms with Gasteiger partial charge in [-0.15, -0.1) is 21.5 Å². The molecule has 2 amide bonds. The average molecular weight is 750 g/mol. The second kappa shape index (κ2) is 15.2. The summed E-state index contributed by atoms with van der Waals surface area (Å²) in [5.74, 6) is -0.973. The third-order valence-corrected chi connectivity index (χ3v) is 10.8. The Morgan fingerprint density at radius 1 is 1.04 bits per heavy atom. The highest BCUT2D eigenvalue weighted by Crippen LogP contribution is 2.43. The first-order chi connectivity index (χ1) is 24.8. The van der Waals surface area contributed by atoms with E-state index in [4.69, 9.17) is 4.74 Å². The first-order valence-corrected chi connectivity index (χ1v) is 18.0. The number of rotatable bonds is 10. The van der Waals surface area contributed by atoms with Crippen molar-refractivity contribution < 1.29 is 40.7 Å². The van der Waals surface area contributed by atoms with Gasteiger partial charge in [-0.2, -0.15) is 31.6 Å². The summed E-state index contributed by atoms with van der Waals surface area (Å²) in [7, 11) is 0. The number of carbonyl (C=O) groups is 2. The quantitative estimate of drug-likeness (QED) is 0.172. The van der Waals surface area contributed by atoms with Gasteiger partial charge in [0, 0.05) is 56.3 Å². The van der Waals surface area contributed by atoms with Crippen LogP contribution >= 0.6 is 11.3 Å². The Kier molecular flexibility index (Phi) is 10.9. The number of amides is 2. The number of likely N-dealkylation sites (tertiary alicyclic amines) is 2. The second-order valence-electron chi connectivity index (χ2n) is 13.1. The first kappa shape index (κ1) is 37.2. The van der Waals surface area contributed by atoms with Crippen LogP contribution < -0.4 is 4.74 Å². The molecule has 0 saturated carbocycles. The Balaban J connectivity index is 1.30. The van der Waals surface area contributed by atoms with E-state index in [1.54, 1.807) is 11.8 Å². The Morgan fingerprint density at radius 3 is 2.48 bits per heavy atom. The summed E-state index contributed by atoms with van der Waals surface area (Å²) >= 11 is 0.415. The van der Waals surface area contributed by atoms with E-state index in [1.807, 2.05) is 18.2 Å². The molecule has 1 aromatic carbocycles. The van der Waals surface area contributed by atoms with Crippen molar-refractivity contribution in [1.29, 1.82) is 0 Å². The summed E-state index contributed by atoms with van der Waals surface area (Å²) in [6.45, 7) is 2.43. The van der Waals surface area contributed by atoms with Crippen LogP contribution in [0.4, 0.5) is 26.3 Å². The summed E-state index contributed by atoms with van der Waals surface area (Å²) in [6, 6.07) is 8.48. The van der Waals surface area contributed by atoms with Gasteiger partial charge in [0.25, 0.3) is 11.8 Å². The number of aromatic nitrogens is 5. The molecule has 4 aromatic rings. The molecule has 52 heavy (non-hydrogen) atoms. The van der Waals surface area contributed by atoms with E-state index in [-0.39, 0.29) is 37.5 Å². The lowest BCUT2D eigenvalue weighted by Crippen LogP contribution is -2.68. The number of thiophene rings is 1. The van der Waals surface area contributed by atoms with Crippen LogP contribution in [0.1, 0.15) is 89.1 Å². The minimum Gasteiger partial charge on any atom is -0.474 e. The Bertz CT molecular complexity index is 1840. The smallest absolute Gasteiger partial charge is 0.425 e. The summed E-state index contributed by atoms with van der Waals surface area (Å²) in [4.78, 5) is 34.6. The van der Waals surface area contributed by atoms with Crippen molar-refractivity contribution in [3.63, 3.8) is 0 Å². The molecule has 2 fully saturated rings. The van der Waals surface area contributed by atoms with E-state index in [2.05, 4.69) is 31.7 Å². The number of nitrogens with zero attached hydrogens (tertiary/aromatic N) is 6. The van der Waals surface area contributed by atoms with Gasteiger partial charge in [-0.25, -0.2) is 0 Å². The molecule has 1 N–H and O–H groups in total. The monoisotopic (exact) mass is 749 g/mol. The number of nitrogens with one attached hydrogen (secondary N) is 1. The Morgan fingerprint density at radius 2 is 1.81 bits per heavy atom.